The summed E-state index contributed by atoms with van der Waals surface area (Å²) >= 11 is 0. The lowest BCUT2D eigenvalue weighted by Gasteiger charge is -2.26. The maximum Gasteiger partial charge on any atom is 0.490 e. The van der Waals surface area contributed by atoms with Crippen molar-refractivity contribution in [1.82, 2.24) is 19.5 Å². The number of hydrogen-bond donors (Lipinski definition) is 2. The molecule has 0 atom stereocenters. The second-order valence-electron chi connectivity index (χ2n) is 6.08. The standard InChI is InChI=1S/C15H15FN6O.C2HF3O2/c16-10-2-1-3-11(8-10)22-9-18-12-13(17)19-15(20-14(12)22)21-4-6-23-7-5-21;3-2(4,5)1(6)7/h1-3,8-9H,4-7H2,(H2,17,19,20);(H,6,7). The SMILES string of the molecule is Nc1nc(N2CCOCC2)nc2c1ncn2-c1cccc(F)c1.O=C(O)C(F)(F)F. The van der Waals surface area contributed by atoms with E-state index in [1.54, 1.807) is 23.0 Å². The van der Waals surface area contributed by atoms with E-state index in [1.807, 2.05) is 4.90 Å². The molecule has 2 aromatic heterocycles. The van der Waals surface area contributed by atoms with Crippen LogP contribution < -0.4 is 10.6 Å². The predicted octanol–water partition coefficient (Wildman–Crippen LogP) is 2.01. The first-order valence-corrected chi connectivity index (χ1v) is 8.56. The van der Waals surface area contributed by atoms with E-state index >= 15 is 0 Å². The van der Waals surface area contributed by atoms with Crippen LogP contribution in [0.1, 0.15) is 0 Å². The maximum atomic E-state index is 13.5. The number of rotatable bonds is 2. The summed E-state index contributed by atoms with van der Waals surface area (Å²) in [6, 6.07) is 6.25. The van der Waals surface area contributed by atoms with Crippen molar-refractivity contribution in [2.24, 2.45) is 0 Å². The third-order valence-electron chi connectivity index (χ3n) is 4.03. The number of carboxylic acids is 1. The number of ether oxygens (including phenoxy) is 1. The highest BCUT2D eigenvalue weighted by molar-refractivity contribution is 5.84. The number of imidazole rings is 1. The minimum atomic E-state index is -5.08. The summed E-state index contributed by atoms with van der Waals surface area (Å²) in [7, 11) is 0. The summed E-state index contributed by atoms with van der Waals surface area (Å²) in [5.41, 5.74) is 7.73. The van der Waals surface area contributed by atoms with Crippen LogP contribution >= 0.6 is 0 Å². The van der Waals surface area contributed by atoms with E-state index in [0.29, 0.717) is 54.9 Å². The van der Waals surface area contributed by atoms with Crippen molar-refractivity contribution in [3.8, 4) is 5.69 Å². The molecule has 0 unspecified atom stereocenters. The number of anilines is 2. The average Bonchev–Trinajstić information content (AvgIpc) is 3.13. The molecule has 0 bridgehead atoms. The van der Waals surface area contributed by atoms with Crippen molar-refractivity contribution in [1.29, 1.82) is 0 Å². The quantitative estimate of drug-likeness (QED) is 0.595. The minimum absolute atomic E-state index is 0.312. The van der Waals surface area contributed by atoms with Crippen LogP contribution in [0.3, 0.4) is 0 Å². The number of benzene rings is 1. The largest absolute Gasteiger partial charge is 0.490 e. The van der Waals surface area contributed by atoms with E-state index in [1.165, 1.54) is 12.1 Å². The molecule has 3 heterocycles. The number of nitrogens with two attached hydrogens (primary N) is 1. The Bertz CT molecular complexity index is 1050. The van der Waals surface area contributed by atoms with Gasteiger partial charge in [-0.2, -0.15) is 23.1 Å². The number of nitrogens with zero attached hydrogens (tertiary/aromatic N) is 5. The lowest BCUT2D eigenvalue weighted by Crippen LogP contribution is -2.37. The normalized spacial score (nSPS) is 14.3. The second kappa shape index (κ2) is 8.49. The van der Waals surface area contributed by atoms with E-state index in [-0.39, 0.29) is 5.82 Å². The zero-order chi connectivity index (χ0) is 21.9. The molecule has 1 aliphatic heterocycles. The summed E-state index contributed by atoms with van der Waals surface area (Å²) < 4.78 is 52.3. The molecule has 1 aromatic carbocycles. The van der Waals surface area contributed by atoms with Gasteiger partial charge in [-0.1, -0.05) is 6.07 Å². The fourth-order valence-corrected chi connectivity index (χ4v) is 2.63. The number of carbonyl (C=O) groups is 1. The van der Waals surface area contributed by atoms with Crippen molar-refractivity contribution >= 4 is 28.9 Å². The Morgan fingerprint density at radius 1 is 1.20 bits per heavy atom. The number of carboxylic acid groups (broad SMARTS) is 1. The summed E-state index contributed by atoms with van der Waals surface area (Å²) in [5.74, 6) is -2.23. The molecule has 30 heavy (non-hydrogen) atoms. The number of hydrogen-bond acceptors (Lipinski definition) is 7. The summed E-state index contributed by atoms with van der Waals surface area (Å²) in [6.07, 6.45) is -3.51. The number of aromatic nitrogens is 4. The van der Waals surface area contributed by atoms with Gasteiger partial charge in [0, 0.05) is 13.1 Å². The van der Waals surface area contributed by atoms with Crippen LogP contribution in [0.25, 0.3) is 16.9 Å². The molecule has 1 saturated heterocycles. The van der Waals surface area contributed by atoms with Gasteiger partial charge in [0.1, 0.15) is 12.1 Å². The van der Waals surface area contributed by atoms with Crippen molar-refractivity contribution in [2.75, 3.05) is 36.9 Å². The molecule has 0 amide bonds. The smallest absolute Gasteiger partial charge is 0.475 e. The van der Waals surface area contributed by atoms with Crippen molar-refractivity contribution in [3.63, 3.8) is 0 Å². The molecule has 160 valence electrons. The number of halogens is 4. The van der Waals surface area contributed by atoms with E-state index in [0.717, 1.165) is 0 Å². The van der Waals surface area contributed by atoms with E-state index in [2.05, 4.69) is 15.0 Å². The zero-order valence-electron chi connectivity index (χ0n) is 15.3. The third-order valence-corrected chi connectivity index (χ3v) is 4.03. The zero-order valence-corrected chi connectivity index (χ0v) is 15.3. The van der Waals surface area contributed by atoms with E-state index in [9.17, 15) is 17.6 Å². The minimum Gasteiger partial charge on any atom is -0.475 e. The summed E-state index contributed by atoms with van der Waals surface area (Å²) in [6.45, 7) is 2.67. The van der Waals surface area contributed by atoms with E-state index < -0.39 is 12.1 Å². The number of fused-ring (bicyclic) bond motifs is 1. The van der Waals surface area contributed by atoms with Crippen LogP contribution in [-0.2, 0) is 9.53 Å². The topological polar surface area (TPSA) is 119 Å². The molecule has 0 saturated carbocycles. The number of nitrogen functional groups attached to an aromatic ring is 1. The van der Waals surface area contributed by atoms with Gasteiger partial charge in [-0.05, 0) is 18.2 Å². The highest BCUT2D eigenvalue weighted by Crippen LogP contribution is 2.23. The molecular weight excluding hydrogens is 412 g/mol. The van der Waals surface area contributed by atoms with Gasteiger partial charge in [-0.25, -0.2) is 14.2 Å². The van der Waals surface area contributed by atoms with Crippen LogP contribution in [0.2, 0.25) is 0 Å². The molecule has 0 spiro atoms. The number of aliphatic carboxylic acids is 1. The van der Waals surface area contributed by atoms with E-state index in [4.69, 9.17) is 20.4 Å². The fraction of sp³-hybridized carbons (Fsp3) is 0.294. The first-order valence-electron chi connectivity index (χ1n) is 8.56. The van der Waals surface area contributed by atoms with Crippen molar-refractivity contribution < 1.29 is 32.2 Å². The maximum absolute atomic E-state index is 13.5. The van der Waals surface area contributed by atoms with Gasteiger partial charge in [0.2, 0.25) is 5.95 Å². The summed E-state index contributed by atoms with van der Waals surface area (Å²) in [4.78, 5) is 24.1. The molecule has 0 aliphatic carbocycles. The Morgan fingerprint density at radius 2 is 1.87 bits per heavy atom. The van der Waals surface area contributed by atoms with Gasteiger partial charge in [0.05, 0.1) is 18.9 Å². The molecular formula is C17H16F4N6O3. The van der Waals surface area contributed by atoms with Crippen LogP contribution in [0.4, 0.5) is 29.3 Å². The molecule has 13 heteroatoms. The predicted molar refractivity (Wildman–Crippen MR) is 97.8 cm³/mol. The lowest BCUT2D eigenvalue weighted by atomic mass is 10.3. The molecule has 1 fully saturated rings. The molecule has 1 aliphatic rings. The Hall–Kier alpha value is -3.48. The highest BCUT2D eigenvalue weighted by Gasteiger charge is 2.38. The third kappa shape index (κ3) is 4.74. The first kappa shape index (κ1) is 21.2. The number of morpholine rings is 1. The van der Waals surface area contributed by atoms with Crippen molar-refractivity contribution in [2.45, 2.75) is 6.18 Å². The Balaban J connectivity index is 0.000000318. The van der Waals surface area contributed by atoms with Crippen LogP contribution in [-0.4, -0.2) is 63.1 Å². The molecule has 0 radical (unpaired) electrons. The van der Waals surface area contributed by atoms with Crippen LogP contribution in [0, 0.1) is 5.82 Å². The molecule has 4 rings (SSSR count). The van der Waals surface area contributed by atoms with Gasteiger partial charge in [-0.15, -0.1) is 0 Å². The van der Waals surface area contributed by atoms with Gasteiger partial charge in [0.15, 0.2) is 17.0 Å². The van der Waals surface area contributed by atoms with Gasteiger partial charge < -0.3 is 20.5 Å². The lowest BCUT2D eigenvalue weighted by molar-refractivity contribution is -0.192. The Kier molecular flexibility index (Phi) is 6.01. The summed E-state index contributed by atoms with van der Waals surface area (Å²) in [5, 5.41) is 7.12. The van der Waals surface area contributed by atoms with Gasteiger partial charge in [0.25, 0.3) is 0 Å². The average molecular weight is 428 g/mol. The van der Waals surface area contributed by atoms with Crippen LogP contribution in [0.5, 0.6) is 0 Å². The molecule has 9 nitrogen and oxygen atoms in total. The fourth-order valence-electron chi connectivity index (χ4n) is 2.63. The first-order chi connectivity index (χ1) is 14.2. The number of alkyl halides is 3. The molecule has 3 aromatic rings. The Morgan fingerprint density at radius 3 is 2.47 bits per heavy atom. The van der Waals surface area contributed by atoms with Gasteiger partial charge >= 0.3 is 12.1 Å². The Labute approximate surface area is 166 Å². The molecule has 3 N–H and O–H groups in total. The van der Waals surface area contributed by atoms with Gasteiger partial charge in [-0.3, -0.25) is 4.57 Å². The van der Waals surface area contributed by atoms with Crippen LogP contribution in [0.15, 0.2) is 30.6 Å². The second-order valence-corrected chi connectivity index (χ2v) is 6.08. The monoisotopic (exact) mass is 428 g/mol. The van der Waals surface area contributed by atoms with Crippen molar-refractivity contribution in [3.05, 3.63) is 36.4 Å². The highest BCUT2D eigenvalue weighted by atomic mass is 19.4.